The molecule has 2 saturated heterocycles. The number of rotatable bonds is 5. The molecule has 3 aromatic rings. The van der Waals surface area contributed by atoms with Crippen molar-refractivity contribution in [2.75, 3.05) is 23.3 Å². The van der Waals surface area contributed by atoms with Crippen molar-refractivity contribution in [3.63, 3.8) is 0 Å². The average molecular weight is 446 g/mol. The Kier molecular flexibility index (Phi) is 4.88. The lowest BCUT2D eigenvalue weighted by molar-refractivity contribution is -0.134. The van der Waals surface area contributed by atoms with Gasteiger partial charge in [0.2, 0.25) is 11.8 Å². The summed E-state index contributed by atoms with van der Waals surface area (Å²) in [6.07, 6.45) is 1.37. The minimum absolute atomic E-state index is 0.0813. The van der Waals surface area contributed by atoms with Crippen LogP contribution in [0.15, 0.2) is 59.0 Å². The minimum atomic E-state index is -1.40. The summed E-state index contributed by atoms with van der Waals surface area (Å²) in [5, 5.41) is 6.14. The highest BCUT2D eigenvalue weighted by molar-refractivity contribution is 6.10. The van der Waals surface area contributed by atoms with Crippen molar-refractivity contribution in [3.05, 3.63) is 60.4 Å². The minimum Gasteiger partial charge on any atom is -0.458 e. The van der Waals surface area contributed by atoms with Gasteiger partial charge in [0.05, 0.1) is 0 Å². The van der Waals surface area contributed by atoms with E-state index in [9.17, 15) is 19.2 Å². The Labute approximate surface area is 189 Å². The second-order valence-electron chi connectivity index (χ2n) is 8.34. The van der Waals surface area contributed by atoms with Crippen molar-refractivity contribution >= 4 is 46.1 Å². The quantitative estimate of drug-likeness (QED) is 0.585. The number of nitrogens with one attached hydrogen (secondary N) is 2. The molecular weight excluding hydrogens is 424 g/mol. The van der Waals surface area contributed by atoms with Gasteiger partial charge in [-0.2, -0.15) is 0 Å². The van der Waals surface area contributed by atoms with Crippen LogP contribution in [0.1, 0.15) is 25.5 Å². The summed E-state index contributed by atoms with van der Waals surface area (Å²) < 4.78 is 5.79. The second-order valence-corrected chi connectivity index (χ2v) is 8.34. The molecule has 0 radical (unpaired) electrons. The first-order chi connectivity index (χ1) is 15.8. The Hall–Kier alpha value is -4.14. The summed E-state index contributed by atoms with van der Waals surface area (Å²) in [4.78, 5) is 52.6. The summed E-state index contributed by atoms with van der Waals surface area (Å²) >= 11 is 0. The molecule has 2 N–H and O–H groups in total. The first-order valence-corrected chi connectivity index (χ1v) is 10.7. The molecule has 1 atom stereocenters. The van der Waals surface area contributed by atoms with Gasteiger partial charge in [-0.15, -0.1) is 0 Å². The predicted octanol–water partition coefficient (Wildman–Crippen LogP) is 2.97. The first kappa shape index (κ1) is 20.7. The maximum Gasteiger partial charge on any atom is 0.325 e. The molecule has 0 aliphatic carbocycles. The molecule has 168 valence electrons. The largest absolute Gasteiger partial charge is 0.458 e. The number of amides is 5. The number of benzene rings is 2. The molecule has 2 aromatic carbocycles. The number of carbonyl (C=O) groups is 4. The summed E-state index contributed by atoms with van der Waals surface area (Å²) in [5.41, 5.74) is 0.472. The van der Waals surface area contributed by atoms with Crippen LogP contribution >= 0.6 is 0 Å². The summed E-state index contributed by atoms with van der Waals surface area (Å²) in [7, 11) is 0. The highest BCUT2D eigenvalue weighted by atomic mass is 16.3. The topological polar surface area (TPSA) is 112 Å². The molecule has 1 aromatic heterocycles. The van der Waals surface area contributed by atoms with Crippen LogP contribution in [0.2, 0.25) is 0 Å². The normalized spacial score (nSPS) is 20.6. The van der Waals surface area contributed by atoms with Crippen molar-refractivity contribution in [1.82, 2.24) is 10.2 Å². The van der Waals surface area contributed by atoms with Crippen LogP contribution in [0.25, 0.3) is 11.0 Å². The Morgan fingerprint density at radius 2 is 1.88 bits per heavy atom. The third kappa shape index (κ3) is 3.61. The first-order valence-electron chi connectivity index (χ1n) is 10.7. The van der Waals surface area contributed by atoms with Gasteiger partial charge in [-0.05, 0) is 49.7 Å². The molecule has 33 heavy (non-hydrogen) atoms. The summed E-state index contributed by atoms with van der Waals surface area (Å²) in [6.45, 7) is 1.80. The van der Waals surface area contributed by atoms with Gasteiger partial charge in [0.1, 0.15) is 17.9 Å². The van der Waals surface area contributed by atoms with Crippen molar-refractivity contribution in [3.8, 4) is 0 Å². The van der Waals surface area contributed by atoms with Gasteiger partial charge in [0, 0.05) is 29.7 Å². The van der Waals surface area contributed by atoms with Crippen molar-refractivity contribution in [2.45, 2.75) is 25.3 Å². The van der Waals surface area contributed by atoms with E-state index < -0.39 is 29.9 Å². The van der Waals surface area contributed by atoms with Crippen LogP contribution in [0.5, 0.6) is 0 Å². The number of para-hydroxylation sites is 1. The fraction of sp³-hybridized carbons (Fsp3) is 0.250. The van der Waals surface area contributed by atoms with E-state index in [2.05, 4.69) is 10.6 Å². The van der Waals surface area contributed by atoms with Crippen LogP contribution in [0, 0.1) is 0 Å². The second kappa shape index (κ2) is 7.77. The van der Waals surface area contributed by atoms with E-state index in [4.69, 9.17) is 4.42 Å². The smallest absolute Gasteiger partial charge is 0.325 e. The Bertz CT molecular complexity index is 1250. The Balaban J connectivity index is 1.27. The molecule has 0 bridgehead atoms. The number of furan rings is 1. The molecule has 5 rings (SSSR count). The number of urea groups is 1. The van der Waals surface area contributed by atoms with Crippen LogP contribution in [0.3, 0.4) is 0 Å². The van der Waals surface area contributed by atoms with Gasteiger partial charge in [0.15, 0.2) is 5.54 Å². The Morgan fingerprint density at radius 3 is 2.58 bits per heavy atom. The molecule has 2 aliphatic rings. The number of imide groups is 1. The lowest BCUT2D eigenvalue weighted by Crippen LogP contribution is -2.41. The van der Waals surface area contributed by atoms with E-state index in [-0.39, 0.29) is 5.91 Å². The number of carbonyl (C=O) groups excluding carboxylic acids is 4. The fourth-order valence-corrected chi connectivity index (χ4v) is 4.23. The number of hydrogen-bond donors (Lipinski definition) is 2. The zero-order valence-electron chi connectivity index (χ0n) is 18.0. The van der Waals surface area contributed by atoms with E-state index in [1.807, 2.05) is 18.2 Å². The van der Waals surface area contributed by atoms with Crippen LogP contribution in [0.4, 0.5) is 16.2 Å². The zero-order valence-corrected chi connectivity index (χ0v) is 18.0. The average Bonchev–Trinajstić information content (AvgIpc) is 3.48. The molecule has 5 amide bonds. The lowest BCUT2D eigenvalue weighted by atomic mass is 9.99. The van der Waals surface area contributed by atoms with Gasteiger partial charge < -0.3 is 20.0 Å². The standard InChI is InChI=1S/C24H22N4O5/c1-24(19-13-15-5-2-3-6-18(15)33-19)22(31)28(23(32)26-24)14-20(29)25-16-8-10-17(11-9-16)27-12-4-7-21(27)30/h2-3,5-6,8-11,13H,4,7,12,14H2,1H3,(H,25,29)(H,26,32)/t24-/m1/s1. The molecule has 0 spiro atoms. The number of hydrogen-bond acceptors (Lipinski definition) is 5. The van der Waals surface area contributed by atoms with Crippen LogP contribution < -0.4 is 15.5 Å². The van der Waals surface area contributed by atoms with E-state index in [0.717, 1.165) is 22.4 Å². The van der Waals surface area contributed by atoms with Gasteiger partial charge in [0.25, 0.3) is 5.91 Å². The van der Waals surface area contributed by atoms with Gasteiger partial charge in [-0.3, -0.25) is 19.3 Å². The monoisotopic (exact) mass is 446 g/mol. The van der Waals surface area contributed by atoms with E-state index in [0.29, 0.717) is 30.0 Å². The van der Waals surface area contributed by atoms with E-state index in [1.54, 1.807) is 48.2 Å². The van der Waals surface area contributed by atoms with E-state index in [1.165, 1.54) is 0 Å². The SMILES string of the molecule is C[C@]1(c2cc3ccccc3o2)NC(=O)N(CC(=O)Nc2ccc(N3CCCC3=O)cc2)C1=O. The molecule has 3 heterocycles. The summed E-state index contributed by atoms with van der Waals surface area (Å²) in [6, 6.07) is 15.2. The highest BCUT2D eigenvalue weighted by Crippen LogP contribution is 2.33. The van der Waals surface area contributed by atoms with Gasteiger partial charge in [-0.25, -0.2) is 4.79 Å². The highest BCUT2D eigenvalue weighted by Gasteiger charge is 2.51. The maximum absolute atomic E-state index is 13.1. The number of fused-ring (bicyclic) bond motifs is 1. The lowest BCUT2D eigenvalue weighted by Gasteiger charge is -2.19. The van der Waals surface area contributed by atoms with Crippen molar-refractivity contribution in [1.29, 1.82) is 0 Å². The fourth-order valence-electron chi connectivity index (χ4n) is 4.23. The van der Waals surface area contributed by atoms with Crippen molar-refractivity contribution in [2.24, 2.45) is 0 Å². The molecular formula is C24H22N4O5. The zero-order chi connectivity index (χ0) is 23.2. The molecule has 2 fully saturated rings. The maximum atomic E-state index is 13.1. The van der Waals surface area contributed by atoms with E-state index >= 15 is 0 Å². The van der Waals surface area contributed by atoms with Crippen LogP contribution in [-0.2, 0) is 19.9 Å². The van der Waals surface area contributed by atoms with Gasteiger partial charge >= 0.3 is 6.03 Å². The molecule has 0 saturated carbocycles. The predicted molar refractivity (Wildman–Crippen MR) is 120 cm³/mol. The van der Waals surface area contributed by atoms with Crippen LogP contribution in [-0.4, -0.2) is 41.7 Å². The molecule has 9 nitrogen and oxygen atoms in total. The molecule has 0 unspecified atom stereocenters. The third-order valence-corrected chi connectivity index (χ3v) is 6.03. The number of anilines is 2. The number of nitrogens with zero attached hydrogens (tertiary/aromatic N) is 2. The molecule has 9 heteroatoms. The van der Waals surface area contributed by atoms with Gasteiger partial charge in [-0.1, -0.05) is 18.2 Å². The third-order valence-electron chi connectivity index (χ3n) is 6.03. The molecule has 2 aliphatic heterocycles. The summed E-state index contributed by atoms with van der Waals surface area (Å²) in [5.74, 6) is -0.697. The van der Waals surface area contributed by atoms with Crippen molar-refractivity contribution < 1.29 is 23.6 Å². The Morgan fingerprint density at radius 1 is 1.12 bits per heavy atom.